The van der Waals surface area contributed by atoms with Crippen LogP contribution >= 0.6 is 0 Å². The van der Waals surface area contributed by atoms with Gasteiger partial charge in [0, 0.05) is 87.8 Å². The molecule has 0 spiro atoms. The molecule has 26 aromatic rings. The lowest BCUT2D eigenvalue weighted by molar-refractivity contribution is 0.671. The summed E-state index contributed by atoms with van der Waals surface area (Å²) < 4.78 is 18.8. The molecular formula is C126H80N8O2. The standard InChI is InChI=1S/2C63H40N4O/c1-4-14-41(15-5-1)44-26-28-46(29-27-44)49-21-13-23-52(39-49)67-57-25-11-10-24-53(57)55-36-37-56-54-35-34-51(40-58(54)68-60(56)59(55)67)63-65-61(47-32-30-45(31-33-47)42-16-6-2-7-17-42)64-62(66-63)50-22-12-20-48(38-50)43-18-8-3-9-19-43;1-4-13-41(14-5-1)44-23-25-47(26-24-44)50-19-12-20-52(39-50)67-57-22-11-10-21-53(57)55-37-38-56-54-36-35-51(40-58(54)68-60(56)59(55)67)63-65-61(48-31-27-45(28-32-48)42-15-6-2-7-16-42)64-62(66-63)49-33-29-46(30-34-49)43-17-8-3-9-18-43/h2*1-40H. The van der Waals surface area contributed by atoms with Crippen molar-refractivity contribution in [1.29, 1.82) is 0 Å². The van der Waals surface area contributed by atoms with Gasteiger partial charge in [-0.3, -0.25) is 0 Å². The molecule has 10 heteroatoms. The van der Waals surface area contributed by atoms with Crippen molar-refractivity contribution in [1.82, 2.24) is 39.0 Å². The number of benzene rings is 20. The fraction of sp³-hybridized carbons (Fsp3) is 0. The predicted molar refractivity (Wildman–Crippen MR) is 559 cm³/mol. The van der Waals surface area contributed by atoms with E-state index in [2.05, 4.69) is 470 Å². The number of nitrogens with zero attached hydrogens (tertiary/aromatic N) is 8. The van der Waals surface area contributed by atoms with Gasteiger partial charge in [0.05, 0.1) is 22.1 Å². The van der Waals surface area contributed by atoms with Crippen molar-refractivity contribution in [2.24, 2.45) is 0 Å². The van der Waals surface area contributed by atoms with Gasteiger partial charge >= 0.3 is 0 Å². The Morgan fingerprint density at radius 1 is 0.140 bits per heavy atom. The van der Waals surface area contributed by atoms with E-state index in [1.54, 1.807) is 0 Å². The molecule has 6 heterocycles. The summed E-state index contributed by atoms with van der Waals surface area (Å²) in [5, 5.41) is 8.74. The first-order chi connectivity index (χ1) is 67.4. The first-order valence-corrected chi connectivity index (χ1v) is 45.8. The highest BCUT2D eigenvalue weighted by atomic mass is 16.3. The van der Waals surface area contributed by atoms with Gasteiger partial charge in [-0.25, -0.2) is 29.9 Å². The number of hydrogen-bond donors (Lipinski definition) is 0. The van der Waals surface area contributed by atoms with Gasteiger partial charge in [-0.2, -0.15) is 0 Å². The zero-order valence-corrected chi connectivity index (χ0v) is 73.6. The predicted octanol–water partition coefficient (Wildman–Crippen LogP) is 33.1. The van der Waals surface area contributed by atoms with Crippen molar-refractivity contribution in [2.75, 3.05) is 0 Å². The van der Waals surface area contributed by atoms with Crippen LogP contribution in [0.3, 0.4) is 0 Å². The van der Waals surface area contributed by atoms with Crippen molar-refractivity contribution in [3.05, 3.63) is 485 Å². The lowest BCUT2D eigenvalue weighted by Gasteiger charge is -2.11. The molecule has 136 heavy (non-hydrogen) atoms. The van der Waals surface area contributed by atoms with E-state index < -0.39 is 0 Å². The van der Waals surface area contributed by atoms with Crippen LogP contribution in [0.2, 0.25) is 0 Å². The number of hydrogen-bond acceptors (Lipinski definition) is 8. The molecule has 20 aromatic carbocycles. The number of rotatable bonds is 16. The second kappa shape index (κ2) is 34.2. The molecule has 10 nitrogen and oxygen atoms in total. The Morgan fingerprint density at radius 3 is 0.676 bits per heavy atom. The largest absolute Gasteiger partial charge is 0.454 e. The molecule has 0 bridgehead atoms. The van der Waals surface area contributed by atoms with Crippen LogP contribution in [0.15, 0.2) is 494 Å². The Morgan fingerprint density at radius 2 is 0.353 bits per heavy atom. The second-order valence-electron chi connectivity index (χ2n) is 34.4. The van der Waals surface area contributed by atoms with Gasteiger partial charge in [-0.05, 0) is 168 Å². The third kappa shape index (κ3) is 14.9. The molecule has 0 atom stereocenters. The van der Waals surface area contributed by atoms with Crippen LogP contribution in [-0.4, -0.2) is 39.0 Å². The fourth-order valence-corrected chi connectivity index (χ4v) is 19.3. The number of aromatic nitrogens is 8. The molecule has 0 saturated carbocycles. The Balaban J connectivity index is 0.000000145. The molecule has 0 aliphatic heterocycles. The third-order valence-electron chi connectivity index (χ3n) is 26.2. The van der Waals surface area contributed by atoms with E-state index in [-0.39, 0.29) is 0 Å². The summed E-state index contributed by atoms with van der Waals surface area (Å²) in [6, 6.07) is 170. The lowest BCUT2D eigenvalue weighted by atomic mass is 10.00. The van der Waals surface area contributed by atoms with E-state index in [1.807, 2.05) is 24.3 Å². The van der Waals surface area contributed by atoms with Crippen molar-refractivity contribution >= 4 is 87.5 Å². The quantitative estimate of drug-likeness (QED) is 0.0940. The molecule has 0 aliphatic carbocycles. The summed E-state index contributed by atoms with van der Waals surface area (Å²) >= 11 is 0. The Bertz CT molecular complexity index is 8910. The molecule has 0 radical (unpaired) electrons. The normalized spacial score (nSPS) is 11.5. The van der Waals surface area contributed by atoms with Gasteiger partial charge in [0.25, 0.3) is 0 Å². The van der Waals surface area contributed by atoms with E-state index >= 15 is 0 Å². The topological polar surface area (TPSA) is 113 Å². The molecule has 0 unspecified atom stereocenters. The number of para-hydroxylation sites is 2. The van der Waals surface area contributed by atoms with Crippen LogP contribution in [0.5, 0.6) is 0 Å². The van der Waals surface area contributed by atoms with Crippen LogP contribution in [0, 0.1) is 0 Å². The van der Waals surface area contributed by atoms with Gasteiger partial charge in [-0.1, -0.05) is 406 Å². The fourth-order valence-electron chi connectivity index (χ4n) is 19.3. The molecule has 0 fully saturated rings. The summed E-state index contributed by atoms with van der Waals surface area (Å²) in [7, 11) is 0. The summed E-state index contributed by atoms with van der Waals surface area (Å²) in [5.41, 5.74) is 33.4. The minimum Gasteiger partial charge on any atom is -0.454 e. The molecule has 0 aliphatic rings. The Labute approximate surface area is 784 Å². The average Bonchev–Trinajstić information content (AvgIpc) is 1.56. The smallest absolute Gasteiger partial charge is 0.164 e. The van der Waals surface area contributed by atoms with Crippen molar-refractivity contribution in [3.63, 3.8) is 0 Å². The van der Waals surface area contributed by atoms with Crippen LogP contribution in [-0.2, 0) is 0 Å². The zero-order chi connectivity index (χ0) is 89.9. The SMILES string of the molecule is c1ccc(-c2ccc(-c3cccc(-n4c5ccccc5c5ccc6c7ccc(-c8nc(-c9ccc(-c%10ccccc%10)cc9)nc(-c9ccc(-c%10ccccc%10)cc9)n8)cc7oc6c54)c3)cc2)cc1.c1ccc(-c2ccc(-c3cccc(-n4c5ccccc5c5ccc6c7ccc(-c8nc(-c9ccc(-c%10ccccc%10)cc9)nc(-c9cccc(-c%10ccccc%10)c9)n8)cc7oc6c54)c3)cc2)cc1. The first-order valence-electron chi connectivity index (χ1n) is 45.8. The van der Waals surface area contributed by atoms with Gasteiger partial charge in [-0.15, -0.1) is 0 Å². The van der Waals surface area contributed by atoms with E-state index in [9.17, 15) is 0 Å². The van der Waals surface area contributed by atoms with Crippen LogP contribution in [0.1, 0.15) is 0 Å². The maximum absolute atomic E-state index is 7.05. The maximum Gasteiger partial charge on any atom is 0.164 e. The molecule has 0 saturated heterocycles. The monoisotopic (exact) mass is 1740 g/mol. The highest BCUT2D eigenvalue weighted by molar-refractivity contribution is 6.23. The molecular weight excluding hydrogens is 1660 g/mol. The molecule has 26 rings (SSSR count). The van der Waals surface area contributed by atoms with Crippen LogP contribution in [0.4, 0.5) is 0 Å². The number of fused-ring (bicyclic) bond motifs is 14. The van der Waals surface area contributed by atoms with Crippen LogP contribution < -0.4 is 0 Å². The molecule has 636 valence electrons. The Kier molecular flexibility index (Phi) is 20.0. The van der Waals surface area contributed by atoms with Gasteiger partial charge < -0.3 is 18.0 Å². The maximum atomic E-state index is 7.05. The van der Waals surface area contributed by atoms with Crippen molar-refractivity contribution < 1.29 is 8.83 Å². The van der Waals surface area contributed by atoms with Gasteiger partial charge in [0.2, 0.25) is 0 Å². The highest BCUT2D eigenvalue weighted by Crippen LogP contribution is 2.46. The van der Waals surface area contributed by atoms with Crippen molar-refractivity contribution in [2.45, 2.75) is 0 Å². The minimum atomic E-state index is 0.567. The summed E-state index contributed by atoms with van der Waals surface area (Å²) in [5.74, 6) is 3.53. The third-order valence-corrected chi connectivity index (χ3v) is 26.2. The first kappa shape index (κ1) is 79.8. The number of furan rings is 2. The molecule has 0 N–H and O–H groups in total. The van der Waals surface area contributed by atoms with E-state index in [0.29, 0.717) is 34.9 Å². The van der Waals surface area contributed by atoms with Gasteiger partial charge in [0.1, 0.15) is 11.2 Å². The average molecular weight is 1740 g/mol. The van der Waals surface area contributed by atoms with Crippen molar-refractivity contribution in [3.8, 4) is 169 Å². The minimum absolute atomic E-state index is 0.567. The second-order valence-corrected chi connectivity index (χ2v) is 34.4. The Hall–Kier alpha value is -18.4. The molecule has 0 amide bonds. The summed E-state index contributed by atoms with van der Waals surface area (Å²) in [6.45, 7) is 0. The zero-order valence-electron chi connectivity index (χ0n) is 73.6. The highest BCUT2D eigenvalue weighted by Gasteiger charge is 2.25. The lowest BCUT2D eigenvalue weighted by Crippen LogP contribution is -2.00. The van der Waals surface area contributed by atoms with E-state index in [4.69, 9.17) is 38.7 Å². The summed E-state index contributed by atoms with van der Waals surface area (Å²) in [4.78, 5) is 30.8. The van der Waals surface area contributed by atoms with E-state index in [0.717, 1.165) is 188 Å². The summed E-state index contributed by atoms with van der Waals surface area (Å²) in [6.07, 6.45) is 0. The van der Waals surface area contributed by atoms with Crippen LogP contribution in [0.25, 0.3) is 256 Å². The van der Waals surface area contributed by atoms with Gasteiger partial charge in [0.15, 0.2) is 46.1 Å². The van der Waals surface area contributed by atoms with E-state index in [1.165, 1.54) is 33.0 Å². The molecule has 6 aromatic heterocycles.